The predicted octanol–water partition coefficient (Wildman–Crippen LogP) is 6.55. The number of aromatic nitrogens is 1. The van der Waals surface area contributed by atoms with Gasteiger partial charge in [0.25, 0.3) is 5.56 Å². The molecule has 5 heteroatoms. The van der Waals surface area contributed by atoms with Crippen molar-refractivity contribution in [2.45, 2.75) is 58.5 Å². The van der Waals surface area contributed by atoms with Crippen LogP contribution >= 0.6 is 0 Å². The van der Waals surface area contributed by atoms with E-state index < -0.39 is 0 Å². The van der Waals surface area contributed by atoms with Crippen molar-refractivity contribution < 1.29 is 9.47 Å². The van der Waals surface area contributed by atoms with Crippen molar-refractivity contribution in [2.24, 2.45) is 0 Å². The number of rotatable bonds is 14. The molecule has 1 heterocycles. The Balaban J connectivity index is 1.93. The zero-order chi connectivity index (χ0) is 23.5. The van der Waals surface area contributed by atoms with Crippen molar-refractivity contribution in [3.05, 3.63) is 77.1 Å². The second kappa shape index (κ2) is 12.7. The molecule has 176 valence electrons. The van der Waals surface area contributed by atoms with E-state index >= 15 is 0 Å². The van der Waals surface area contributed by atoms with Crippen molar-refractivity contribution in [1.82, 2.24) is 4.57 Å². The number of methoxy groups -OCH3 is 1. The molecule has 0 aliphatic carbocycles. The van der Waals surface area contributed by atoms with Crippen molar-refractivity contribution in [3.63, 3.8) is 0 Å². The van der Waals surface area contributed by atoms with Crippen LogP contribution in [0.15, 0.2) is 66.0 Å². The number of benzene rings is 2. The summed E-state index contributed by atoms with van der Waals surface area (Å²) in [6.45, 7) is 7.54. The van der Waals surface area contributed by atoms with Crippen LogP contribution in [0.5, 0.6) is 11.5 Å². The van der Waals surface area contributed by atoms with Crippen LogP contribution in [0, 0.1) is 0 Å². The first-order chi connectivity index (χ1) is 16.2. The smallest absolute Gasteiger partial charge is 0.297 e. The third kappa shape index (κ3) is 6.41. The van der Waals surface area contributed by atoms with Crippen LogP contribution in [0.3, 0.4) is 0 Å². The number of anilines is 1. The summed E-state index contributed by atoms with van der Waals surface area (Å²) in [5, 5.41) is 4.34. The first-order valence-electron chi connectivity index (χ1n) is 12.0. The van der Waals surface area contributed by atoms with Crippen LogP contribution in [-0.2, 0) is 13.1 Å². The van der Waals surface area contributed by atoms with E-state index in [0.717, 1.165) is 29.4 Å². The van der Waals surface area contributed by atoms with Crippen molar-refractivity contribution in [3.8, 4) is 11.5 Å². The van der Waals surface area contributed by atoms with E-state index in [1.807, 2.05) is 41.0 Å². The number of hydrogen-bond acceptors (Lipinski definition) is 4. The zero-order valence-electron chi connectivity index (χ0n) is 19.9. The fourth-order valence-electron chi connectivity index (χ4n) is 4.05. The summed E-state index contributed by atoms with van der Waals surface area (Å²) in [6.07, 6.45) is 8.63. The highest BCUT2D eigenvalue weighted by atomic mass is 16.5. The third-order valence-electron chi connectivity index (χ3n) is 5.80. The molecule has 0 radical (unpaired) electrons. The van der Waals surface area contributed by atoms with Crippen molar-refractivity contribution >= 4 is 16.6 Å². The summed E-state index contributed by atoms with van der Waals surface area (Å²) < 4.78 is 13.2. The molecule has 0 saturated carbocycles. The van der Waals surface area contributed by atoms with Gasteiger partial charge in [0.1, 0.15) is 6.61 Å². The Morgan fingerprint density at radius 2 is 1.76 bits per heavy atom. The summed E-state index contributed by atoms with van der Waals surface area (Å²) in [5.41, 5.74) is 2.86. The van der Waals surface area contributed by atoms with E-state index in [0.29, 0.717) is 18.8 Å². The summed E-state index contributed by atoms with van der Waals surface area (Å²) in [6, 6.07) is 16.3. The maximum Gasteiger partial charge on any atom is 0.297 e. The standard InChI is InChI=1S/C28H36N2O3/c1-4-6-7-8-9-13-18-30-25-20-23(29-21-22-14-11-10-12-15-22)16-17-24(25)26(32-3)27(28(30)31)33-19-5-2/h5,10-12,14-17,20,29H,2,4,6-9,13,18-19,21H2,1,3H3. The molecule has 33 heavy (non-hydrogen) atoms. The number of fused-ring (bicyclic) bond motifs is 1. The summed E-state index contributed by atoms with van der Waals surface area (Å²) in [4.78, 5) is 13.4. The number of hydrogen-bond donors (Lipinski definition) is 1. The maximum absolute atomic E-state index is 13.4. The Morgan fingerprint density at radius 1 is 1.00 bits per heavy atom. The van der Waals surface area contributed by atoms with Gasteiger partial charge in [-0.25, -0.2) is 0 Å². The lowest BCUT2D eigenvalue weighted by molar-refractivity contribution is 0.321. The Morgan fingerprint density at radius 3 is 2.48 bits per heavy atom. The van der Waals surface area contributed by atoms with E-state index in [9.17, 15) is 4.79 Å². The van der Waals surface area contributed by atoms with Crippen LogP contribution in [0.4, 0.5) is 5.69 Å². The molecule has 0 fully saturated rings. The van der Waals surface area contributed by atoms with Gasteiger partial charge in [-0.15, -0.1) is 0 Å². The van der Waals surface area contributed by atoms with Gasteiger partial charge >= 0.3 is 0 Å². The molecular weight excluding hydrogens is 412 g/mol. The quantitative estimate of drug-likeness (QED) is 0.224. The number of pyridine rings is 1. The van der Waals surface area contributed by atoms with E-state index in [1.165, 1.54) is 31.2 Å². The fourth-order valence-corrected chi connectivity index (χ4v) is 4.05. The average Bonchev–Trinajstić information content (AvgIpc) is 2.85. The predicted molar refractivity (Wildman–Crippen MR) is 138 cm³/mol. The minimum absolute atomic E-state index is 0.157. The third-order valence-corrected chi connectivity index (χ3v) is 5.80. The van der Waals surface area contributed by atoms with Crippen LogP contribution in [0.2, 0.25) is 0 Å². The van der Waals surface area contributed by atoms with Gasteiger partial charge in [0, 0.05) is 24.2 Å². The zero-order valence-corrected chi connectivity index (χ0v) is 19.9. The molecule has 0 saturated heterocycles. The second-order valence-corrected chi connectivity index (χ2v) is 8.26. The molecule has 1 N–H and O–H groups in total. The molecule has 1 aromatic heterocycles. The normalized spacial score (nSPS) is 10.8. The monoisotopic (exact) mass is 448 g/mol. The molecule has 3 aromatic rings. The minimum atomic E-state index is -0.157. The van der Waals surface area contributed by atoms with E-state index in [2.05, 4.69) is 31.0 Å². The molecule has 0 spiro atoms. The lowest BCUT2D eigenvalue weighted by Crippen LogP contribution is -2.24. The Labute approximate surface area is 197 Å². The number of aryl methyl sites for hydroxylation is 1. The van der Waals surface area contributed by atoms with Crippen molar-refractivity contribution in [1.29, 1.82) is 0 Å². The molecule has 5 nitrogen and oxygen atoms in total. The Kier molecular flexibility index (Phi) is 9.43. The van der Waals surface area contributed by atoms with Crippen LogP contribution in [0.1, 0.15) is 51.0 Å². The lowest BCUT2D eigenvalue weighted by atomic mass is 10.1. The molecule has 0 aliphatic rings. The van der Waals surface area contributed by atoms with Gasteiger partial charge in [0.2, 0.25) is 5.75 Å². The molecule has 0 amide bonds. The van der Waals surface area contributed by atoms with Gasteiger partial charge < -0.3 is 19.4 Å². The highest BCUT2D eigenvalue weighted by Gasteiger charge is 2.19. The summed E-state index contributed by atoms with van der Waals surface area (Å²) in [7, 11) is 1.58. The minimum Gasteiger partial charge on any atom is -0.492 e. The molecule has 2 aromatic carbocycles. The number of nitrogens with one attached hydrogen (secondary N) is 1. The number of nitrogens with zero attached hydrogens (tertiary/aromatic N) is 1. The SMILES string of the molecule is C=CCOc1c(OC)c2ccc(NCc3ccccc3)cc2n(CCCCCCCC)c1=O. The van der Waals surface area contributed by atoms with Gasteiger partial charge in [-0.3, -0.25) is 4.79 Å². The van der Waals surface area contributed by atoms with Gasteiger partial charge in [-0.1, -0.05) is 82.0 Å². The van der Waals surface area contributed by atoms with Gasteiger partial charge in [-0.2, -0.15) is 0 Å². The van der Waals surface area contributed by atoms with Gasteiger partial charge in [0.15, 0.2) is 5.75 Å². The maximum atomic E-state index is 13.4. The Hall–Kier alpha value is -3.21. The molecule has 3 rings (SSSR count). The largest absolute Gasteiger partial charge is 0.492 e. The van der Waals surface area contributed by atoms with E-state index in [1.54, 1.807) is 13.2 Å². The van der Waals surface area contributed by atoms with Crippen molar-refractivity contribution in [2.75, 3.05) is 19.0 Å². The average molecular weight is 449 g/mol. The first kappa shape index (κ1) is 24.4. The number of ether oxygens (including phenoxy) is 2. The molecule has 0 bridgehead atoms. The van der Waals surface area contributed by atoms with E-state index in [4.69, 9.17) is 9.47 Å². The van der Waals surface area contributed by atoms with Gasteiger partial charge in [0.05, 0.1) is 12.6 Å². The highest BCUT2D eigenvalue weighted by molar-refractivity contribution is 5.90. The lowest BCUT2D eigenvalue weighted by Gasteiger charge is -2.18. The molecule has 0 aliphatic heterocycles. The fraction of sp³-hybridized carbons (Fsp3) is 0.393. The number of unbranched alkanes of at least 4 members (excludes halogenated alkanes) is 5. The van der Waals surface area contributed by atoms with E-state index in [-0.39, 0.29) is 17.9 Å². The highest BCUT2D eigenvalue weighted by Crippen LogP contribution is 2.34. The molecule has 0 unspecified atom stereocenters. The van der Waals surface area contributed by atoms with Gasteiger partial charge in [-0.05, 0) is 30.2 Å². The molecule has 0 atom stereocenters. The summed E-state index contributed by atoms with van der Waals surface area (Å²) >= 11 is 0. The Bertz CT molecular complexity index is 1090. The van der Waals surface area contributed by atoms with Crippen LogP contribution in [-0.4, -0.2) is 18.3 Å². The first-order valence-corrected chi connectivity index (χ1v) is 12.0. The second-order valence-electron chi connectivity index (χ2n) is 8.26. The van der Waals surface area contributed by atoms with Crippen LogP contribution < -0.4 is 20.3 Å². The summed E-state index contributed by atoms with van der Waals surface area (Å²) in [5.74, 6) is 0.728. The molecular formula is C28H36N2O3. The topological polar surface area (TPSA) is 52.5 Å². The van der Waals surface area contributed by atoms with Crippen LogP contribution in [0.25, 0.3) is 10.9 Å².